The fourth-order valence-corrected chi connectivity index (χ4v) is 9.51. The maximum atomic E-state index is 9.96. The van der Waals surface area contributed by atoms with Crippen molar-refractivity contribution in [2.45, 2.75) is 58.2 Å². The zero-order valence-corrected chi connectivity index (χ0v) is 17.2. The third-order valence-electron chi connectivity index (χ3n) is 5.51. The van der Waals surface area contributed by atoms with Gasteiger partial charge in [0.2, 0.25) is 0 Å². The van der Waals surface area contributed by atoms with Crippen LogP contribution in [0, 0.1) is 11.5 Å². The van der Waals surface area contributed by atoms with Crippen molar-refractivity contribution < 1.29 is 10.0 Å². The van der Waals surface area contributed by atoms with Crippen molar-refractivity contribution in [2.24, 2.45) is 0 Å². The van der Waals surface area contributed by atoms with Gasteiger partial charge in [-0.05, 0) is 33.5 Å². The molecule has 0 aliphatic carbocycles. The Balaban J connectivity index is 2.68. The van der Waals surface area contributed by atoms with Crippen molar-refractivity contribution in [3.8, 4) is 11.5 Å². The number of rotatable bonds is 4. The van der Waals surface area contributed by atoms with Gasteiger partial charge in [-0.3, -0.25) is 0 Å². The molecule has 0 heterocycles. The van der Waals surface area contributed by atoms with Crippen molar-refractivity contribution in [1.29, 1.82) is 0 Å². The summed E-state index contributed by atoms with van der Waals surface area (Å²) in [5.41, 5.74) is 6.56. The molecule has 0 aliphatic rings. The number of fused-ring (bicyclic) bond motifs is 1. The van der Waals surface area contributed by atoms with Crippen molar-refractivity contribution in [2.75, 3.05) is 0 Å². The van der Waals surface area contributed by atoms with E-state index in [0.717, 1.165) is 16.3 Å². The van der Waals surface area contributed by atoms with Crippen LogP contribution < -0.4 is 5.46 Å². The summed E-state index contributed by atoms with van der Waals surface area (Å²) in [6.07, 6.45) is 0. The molecule has 0 radical (unpaired) electrons. The quantitative estimate of drug-likeness (QED) is 0.643. The largest absolute Gasteiger partial charge is 0.490 e. The molecule has 0 saturated heterocycles. The van der Waals surface area contributed by atoms with Crippen molar-refractivity contribution in [3.05, 3.63) is 42.0 Å². The van der Waals surface area contributed by atoms with E-state index in [1.165, 1.54) is 0 Å². The normalized spacial score (nSPS) is 12.0. The first kappa shape index (κ1) is 19.8. The van der Waals surface area contributed by atoms with Crippen LogP contribution >= 0.6 is 0 Å². The summed E-state index contributed by atoms with van der Waals surface area (Å²) in [4.78, 5) is 0. The maximum Gasteiger partial charge on any atom is 0.490 e. The Labute approximate surface area is 153 Å². The van der Waals surface area contributed by atoms with Crippen LogP contribution in [0.5, 0.6) is 0 Å². The van der Waals surface area contributed by atoms with Gasteiger partial charge in [-0.1, -0.05) is 77.8 Å². The Morgan fingerprint density at radius 3 is 1.92 bits per heavy atom. The average molecular weight is 352 g/mol. The van der Waals surface area contributed by atoms with Gasteiger partial charge in [0.15, 0.2) is 0 Å². The minimum atomic E-state index is -1.86. The number of hydrogen-bond donors (Lipinski definition) is 2. The molecule has 2 rings (SSSR count). The van der Waals surface area contributed by atoms with E-state index < -0.39 is 15.2 Å². The van der Waals surface area contributed by atoms with E-state index in [4.69, 9.17) is 0 Å². The van der Waals surface area contributed by atoms with E-state index in [-0.39, 0.29) is 0 Å². The Hall–Kier alpha value is -1.54. The molecule has 0 aromatic heterocycles. The van der Waals surface area contributed by atoms with Crippen LogP contribution in [-0.2, 0) is 0 Å². The highest BCUT2D eigenvalue weighted by atomic mass is 28.3. The summed E-state index contributed by atoms with van der Waals surface area (Å²) in [6.45, 7) is 13.7. The van der Waals surface area contributed by atoms with Crippen LogP contribution in [0.3, 0.4) is 0 Å². The summed E-state index contributed by atoms with van der Waals surface area (Å²) in [5.74, 6) is 3.36. The molecule has 25 heavy (non-hydrogen) atoms. The lowest BCUT2D eigenvalue weighted by atomic mass is 9.74. The predicted octanol–water partition coefficient (Wildman–Crippen LogP) is 4.09. The molecule has 2 aromatic carbocycles. The second-order valence-corrected chi connectivity index (χ2v) is 13.3. The van der Waals surface area contributed by atoms with Crippen LogP contribution in [0.4, 0.5) is 0 Å². The van der Waals surface area contributed by atoms with E-state index in [1.54, 1.807) is 0 Å². The van der Waals surface area contributed by atoms with Crippen molar-refractivity contribution in [3.63, 3.8) is 0 Å². The van der Waals surface area contributed by atoms with Gasteiger partial charge in [-0.15, -0.1) is 5.54 Å². The summed E-state index contributed by atoms with van der Waals surface area (Å²) >= 11 is 0. The smallest absolute Gasteiger partial charge is 0.423 e. The lowest BCUT2D eigenvalue weighted by Gasteiger charge is -2.38. The SMILES string of the molecule is CC(C)[Si](C#Cc1ccc2ccccc2c1B(O)O)(C(C)C)C(C)C. The van der Waals surface area contributed by atoms with Gasteiger partial charge in [-0.2, -0.15) is 0 Å². The highest BCUT2D eigenvalue weighted by Gasteiger charge is 2.41. The molecule has 0 fully saturated rings. The monoisotopic (exact) mass is 352 g/mol. The van der Waals surface area contributed by atoms with Gasteiger partial charge in [0.25, 0.3) is 0 Å². The summed E-state index contributed by atoms with van der Waals surface area (Å²) in [5, 5.41) is 21.8. The minimum absolute atomic E-state index is 0.518. The van der Waals surface area contributed by atoms with E-state index >= 15 is 0 Å². The topological polar surface area (TPSA) is 40.5 Å². The third kappa shape index (κ3) is 3.69. The Bertz CT molecular complexity index is 779. The van der Waals surface area contributed by atoms with Crippen LogP contribution in [0.1, 0.15) is 47.1 Å². The third-order valence-corrected chi connectivity index (χ3v) is 11.8. The van der Waals surface area contributed by atoms with E-state index in [9.17, 15) is 10.0 Å². The van der Waals surface area contributed by atoms with Crippen LogP contribution in [0.2, 0.25) is 16.6 Å². The lowest BCUT2D eigenvalue weighted by molar-refractivity contribution is 0.426. The molecular weight excluding hydrogens is 323 g/mol. The molecule has 4 heteroatoms. The summed E-state index contributed by atoms with van der Waals surface area (Å²) in [6, 6.07) is 11.7. The molecule has 0 bridgehead atoms. The van der Waals surface area contributed by atoms with Gasteiger partial charge < -0.3 is 10.0 Å². The Kier molecular flexibility index (Phi) is 6.16. The standard InChI is InChI=1S/C21H29BO2Si/c1-15(2)25(16(3)4,17(5)6)14-13-19-12-11-18-9-7-8-10-20(18)21(19)22(23)24/h7-12,15-17,23-24H,1-6H3. The van der Waals surface area contributed by atoms with E-state index in [2.05, 4.69) is 53.0 Å². The Morgan fingerprint density at radius 1 is 0.840 bits per heavy atom. The molecular formula is C21H29BO2Si. The highest BCUT2D eigenvalue weighted by Crippen LogP contribution is 2.40. The zero-order chi connectivity index (χ0) is 18.8. The van der Waals surface area contributed by atoms with Crippen LogP contribution in [0.15, 0.2) is 36.4 Å². The zero-order valence-electron chi connectivity index (χ0n) is 16.2. The second-order valence-electron chi connectivity index (χ2n) is 7.77. The summed E-state index contributed by atoms with van der Waals surface area (Å²) < 4.78 is 0. The maximum absolute atomic E-state index is 9.96. The highest BCUT2D eigenvalue weighted by molar-refractivity contribution is 6.90. The van der Waals surface area contributed by atoms with Gasteiger partial charge in [0.1, 0.15) is 8.07 Å². The van der Waals surface area contributed by atoms with E-state index in [0.29, 0.717) is 22.1 Å². The molecule has 0 saturated carbocycles. The number of hydrogen-bond acceptors (Lipinski definition) is 2. The van der Waals surface area contributed by atoms with Crippen molar-refractivity contribution >= 4 is 31.4 Å². The molecule has 2 aromatic rings. The molecule has 0 unspecified atom stereocenters. The molecule has 0 atom stereocenters. The van der Waals surface area contributed by atoms with Crippen molar-refractivity contribution in [1.82, 2.24) is 0 Å². The first-order valence-corrected chi connectivity index (χ1v) is 11.4. The van der Waals surface area contributed by atoms with Gasteiger partial charge in [0.05, 0.1) is 0 Å². The molecule has 0 spiro atoms. The van der Waals surface area contributed by atoms with Gasteiger partial charge in [0, 0.05) is 11.0 Å². The fourth-order valence-electron chi connectivity index (χ4n) is 4.29. The average Bonchev–Trinajstić information content (AvgIpc) is 2.53. The molecule has 0 amide bonds. The molecule has 2 N–H and O–H groups in total. The first-order valence-electron chi connectivity index (χ1n) is 9.12. The van der Waals surface area contributed by atoms with E-state index in [1.807, 2.05) is 36.4 Å². The fraction of sp³-hybridized carbons (Fsp3) is 0.429. The summed E-state index contributed by atoms with van der Waals surface area (Å²) in [7, 11) is -3.38. The molecule has 2 nitrogen and oxygen atoms in total. The minimum Gasteiger partial charge on any atom is -0.423 e. The van der Waals surface area contributed by atoms with Crippen LogP contribution in [0.25, 0.3) is 10.8 Å². The molecule has 0 aliphatic heterocycles. The lowest BCUT2D eigenvalue weighted by Crippen LogP contribution is -2.43. The predicted molar refractivity (Wildman–Crippen MR) is 112 cm³/mol. The van der Waals surface area contributed by atoms with Crippen LogP contribution in [-0.4, -0.2) is 25.2 Å². The molecule has 132 valence electrons. The second kappa shape index (κ2) is 7.78. The van der Waals surface area contributed by atoms with Gasteiger partial charge in [-0.25, -0.2) is 0 Å². The number of benzene rings is 2. The van der Waals surface area contributed by atoms with Gasteiger partial charge >= 0.3 is 7.12 Å². The Morgan fingerprint density at radius 2 is 1.40 bits per heavy atom. The first-order chi connectivity index (χ1) is 11.7.